The quantitative estimate of drug-likeness (QED) is 0.854. The van der Waals surface area contributed by atoms with E-state index < -0.39 is 10.8 Å². The van der Waals surface area contributed by atoms with Gasteiger partial charge in [0.05, 0.1) is 10.8 Å². The van der Waals surface area contributed by atoms with Crippen molar-refractivity contribution >= 4 is 10.8 Å². The Morgan fingerprint density at radius 3 is 2.27 bits per heavy atom. The van der Waals surface area contributed by atoms with Crippen molar-refractivity contribution in [1.82, 2.24) is 0 Å². The summed E-state index contributed by atoms with van der Waals surface area (Å²) in [5.41, 5.74) is 6.89. The average molecular weight is 225 g/mol. The van der Waals surface area contributed by atoms with Gasteiger partial charge in [-0.15, -0.1) is 0 Å². The molecule has 1 aromatic carbocycles. The van der Waals surface area contributed by atoms with Crippen molar-refractivity contribution in [3.05, 3.63) is 29.8 Å². The third-order valence-electron chi connectivity index (χ3n) is 2.32. The number of nitrogens with two attached hydrogens (primary N) is 1. The summed E-state index contributed by atoms with van der Waals surface area (Å²) in [6, 6.07) is 7.96. The second-order valence-electron chi connectivity index (χ2n) is 4.13. The van der Waals surface area contributed by atoms with Crippen LogP contribution in [0.15, 0.2) is 29.2 Å². The molecule has 84 valence electrons. The van der Waals surface area contributed by atoms with Gasteiger partial charge in [0.1, 0.15) is 0 Å². The van der Waals surface area contributed by atoms with E-state index >= 15 is 0 Å². The van der Waals surface area contributed by atoms with Crippen LogP contribution in [0.1, 0.15) is 25.8 Å². The number of hydrogen-bond donors (Lipinski definition) is 1. The summed E-state index contributed by atoms with van der Waals surface area (Å²) in [5, 5.41) is 0.118. The maximum Gasteiger partial charge on any atom is 0.0558 e. The Hall–Kier alpha value is -0.670. The standard InChI is InChI=1S/C12H19NOS/c1-9-4-6-12(7-5-9)15(14)11(3)8-10(2)13/h4-7,10-11H,8,13H2,1-3H3. The van der Waals surface area contributed by atoms with Crippen molar-refractivity contribution in [2.75, 3.05) is 0 Å². The first-order valence-electron chi connectivity index (χ1n) is 5.23. The Morgan fingerprint density at radius 2 is 1.80 bits per heavy atom. The molecule has 0 aliphatic carbocycles. The van der Waals surface area contributed by atoms with E-state index in [0.717, 1.165) is 11.3 Å². The van der Waals surface area contributed by atoms with E-state index in [1.54, 1.807) is 0 Å². The predicted molar refractivity (Wildman–Crippen MR) is 65.3 cm³/mol. The fourth-order valence-electron chi connectivity index (χ4n) is 1.52. The molecule has 0 saturated carbocycles. The van der Waals surface area contributed by atoms with Crippen molar-refractivity contribution in [2.24, 2.45) is 5.73 Å². The molecule has 0 radical (unpaired) electrons. The van der Waals surface area contributed by atoms with Gasteiger partial charge in [-0.1, -0.05) is 24.6 Å². The van der Waals surface area contributed by atoms with Crippen molar-refractivity contribution in [2.45, 2.75) is 43.4 Å². The van der Waals surface area contributed by atoms with Crippen LogP contribution >= 0.6 is 0 Å². The molecule has 0 fully saturated rings. The van der Waals surface area contributed by atoms with Crippen LogP contribution in [0, 0.1) is 6.92 Å². The molecule has 0 amide bonds. The summed E-state index contributed by atoms with van der Waals surface area (Å²) in [5.74, 6) is 0. The summed E-state index contributed by atoms with van der Waals surface area (Å²) in [6.45, 7) is 5.96. The summed E-state index contributed by atoms with van der Waals surface area (Å²) in [4.78, 5) is 0.897. The van der Waals surface area contributed by atoms with Crippen LogP contribution in [0.5, 0.6) is 0 Å². The molecule has 0 aliphatic rings. The summed E-state index contributed by atoms with van der Waals surface area (Å²) in [6.07, 6.45) is 0.792. The lowest BCUT2D eigenvalue weighted by Crippen LogP contribution is -2.23. The zero-order valence-electron chi connectivity index (χ0n) is 9.57. The second-order valence-corrected chi connectivity index (χ2v) is 6.01. The van der Waals surface area contributed by atoms with E-state index in [2.05, 4.69) is 0 Å². The van der Waals surface area contributed by atoms with Gasteiger partial charge in [0.25, 0.3) is 0 Å². The van der Waals surface area contributed by atoms with Gasteiger partial charge in [0.15, 0.2) is 0 Å². The molecule has 0 aromatic heterocycles. The van der Waals surface area contributed by atoms with Gasteiger partial charge in [-0.2, -0.15) is 0 Å². The third kappa shape index (κ3) is 3.76. The Morgan fingerprint density at radius 1 is 1.27 bits per heavy atom. The van der Waals surface area contributed by atoms with Crippen molar-refractivity contribution in [1.29, 1.82) is 0 Å². The lowest BCUT2D eigenvalue weighted by Gasteiger charge is -2.13. The fraction of sp³-hybridized carbons (Fsp3) is 0.500. The predicted octanol–water partition coefficient (Wildman–Crippen LogP) is 2.23. The minimum absolute atomic E-state index is 0.106. The van der Waals surface area contributed by atoms with Crippen LogP contribution in [0.2, 0.25) is 0 Å². The highest BCUT2D eigenvalue weighted by Crippen LogP contribution is 2.15. The first-order valence-corrected chi connectivity index (χ1v) is 6.45. The van der Waals surface area contributed by atoms with Crippen LogP contribution in [0.25, 0.3) is 0 Å². The molecule has 0 spiro atoms. The molecule has 1 rings (SSSR count). The molecule has 0 aliphatic heterocycles. The molecule has 0 heterocycles. The fourth-order valence-corrected chi connectivity index (χ4v) is 2.86. The van der Waals surface area contributed by atoms with E-state index in [1.807, 2.05) is 45.0 Å². The van der Waals surface area contributed by atoms with Gasteiger partial charge in [-0.05, 0) is 32.4 Å². The van der Waals surface area contributed by atoms with Crippen LogP contribution in [-0.4, -0.2) is 15.5 Å². The van der Waals surface area contributed by atoms with Gasteiger partial charge in [-0.25, -0.2) is 0 Å². The molecular formula is C12H19NOS. The second kappa shape index (κ2) is 5.42. The number of benzene rings is 1. The third-order valence-corrected chi connectivity index (χ3v) is 3.98. The Bertz CT molecular complexity index is 332. The lowest BCUT2D eigenvalue weighted by molar-refractivity contribution is 0.628. The van der Waals surface area contributed by atoms with Gasteiger partial charge < -0.3 is 5.73 Å². The molecule has 3 heteroatoms. The van der Waals surface area contributed by atoms with E-state index in [1.165, 1.54) is 5.56 Å². The van der Waals surface area contributed by atoms with Crippen LogP contribution < -0.4 is 5.73 Å². The molecule has 0 saturated heterocycles. The van der Waals surface area contributed by atoms with Gasteiger partial charge in [0, 0.05) is 16.2 Å². The maximum absolute atomic E-state index is 12.0. The average Bonchev–Trinajstić information content (AvgIpc) is 2.17. The van der Waals surface area contributed by atoms with Crippen molar-refractivity contribution in [3.8, 4) is 0 Å². The van der Waals surface area contributed by atoms with E-state index in [0.29, 0.717) is 0 Å². The topological polar surface area (TPSA) is 43.1 Å². The van der Waals surface area contributed by atoms with E-state index in [-0.39, 0.29) is 11.3 Å². The highest BCUT2D eigenvalue weighted by atomic mass is 32.2. The van der Waals surface area contributed by atoms with Crippen LogP contribution in [-0.2, 0) is 10.8 Å². The number of rotatable bonds is 4. The molecule has 1 aromatic rings. The van der Waals surface area contributed by atoms with Gasteiger partial charge in [0.2, 0.25) is 0 Å². The van der Waals surface area contributed by atoms with Gasteiger partial charge in [-0.3, -0.25) is 4.21 Å². The smallest absolute Gasteiger partial charge is 0.0558 e. The first-order chi connectivity index (χ1) is 7.00. The van der Waals surface area contributed by atoms with Crippen molar-refractivity contribution in [3.63, 3.8) is 0 Å². The Balaban J connectivity index is 2.72. The van der Waals surface area contributed by atoms with Crippen LogP contribution in [0.4, 0.5) is 0 Å². The Kier molecular flexibility index (Phi) is 4.48. The number of hydrogen-bond acceptors (Lipinski definition) is 2. The maximum atomic E-state index is 12.0. The zero-order valence-corrected chi connectivity index (χ0v) is 10.4. The largest absolute Gasteiger partial charge is 0.328 e. The molecule has 2 nitrogen and oxygen atoms in total. The summed E-state index contributed by atoms with van der Waals surface area (Å²) < 4.78 is 12.0. The minimum Gasteiger partial charge on any atom is -0.328 e. The van der Waals surface area contributed by atoms with Crippen LogP contribution in [0.3, 0.4) is 0 Å². The lowest BCUT2D eigenvalue weighted by atomic mass is 10.2. The minimum atomic E-state index is -0.937. The Labute approximate surface area is 94.3 Å². The highest BCUT2D eigenvalue weighted by Gasteiger charge is 2.14. The summed E-state index contributed by atoms with van der Waals surface area (Å²) in [7, 11) is -0.937. The van der Waals surface area contributed by atoms with Crippen molar-refractivity contribution < 1.29 is 4.21 Å². The normalized spacial score (nSPS) is 17.1. The molecule has 0 bridgehead atoms. The SMILES string of the molecule is Cc1ccc(S(=O)C(C)CC(C)N)cc1. The van der Waals surface area contributed by atoms with Gasteiger partial charge >= 0.3 is 0 Å². The van der Waals surface area contributed by atoms with E-state index in [4.69, 9.17) is 5.73 Å². The molecule has 15 heavy (non-hydrogen) atoms. The monoisotopic (exact) mass is 225 g/mol. The molecule has 3 unspecified atom stereocenters. The molecule has 3 atom stereocenters. The van der Waals surface area contributed by atoms with E-state index in [9.17, 15) is 4.21 Å². The zero-order chi connectivity index (χ0) is 11.4. The number of aryl methyl sites for hydroxylation is 1. The molecule has 2 N–H and O–H groups in total. The first kappa shape index (κ1) is 12.4. The highest BCUT2D eigenvalue weighted by molar-refractivity contribution is 7.85. The molecular weight excluding hydrogens is 206 g/mol. The summed E-state index contributed by atoms with van der Waals surface area (Å²) >= 11 is 0.